The van der Waals surface area contributed by atoms with Crippen molar-refractivity contribution in [1.29, 1.82) is 0 Å². The fourth-order valence-corrected chi connectivity index (χ4v) is 9.96. The molecule has 1 saturated heterocycles. The minimum absolute atomic E-state index is 0.180. The summed E-state index contributed by atoms with van der Waals surface area (Å²) in [6.45, 7) is 5.08. The molecular formula is C47H49F2N7O6S2. The summed E-state index contributed by atoms with van der Waals surface area (Å²) in [5, 5.41) is 25.8. The number of anilines is 4. The number of nitrogens with zero attached hydrogens (tertiary/aromatic N) is 5. The SMILES string of the molecule is Cc1c(C(=O)O)c(-c2cccc(N3CCN(c4ccc(NS(=O)(=O)c5ccc(N[C@H](CCN(C)C)CSc6cccc(F)c6)c([N+](=O)[O-])c5)cc4)CC3)c2)c(-c2ccc(F)cc2)n1C. The van der Waals surface area contributed by atoms with Crippen LogP contribution in [-0.2, 0) is 17.1 Å². The number of aromatic nitrogens is 1. The van der Waals surface area contributed by atoms with Crippen LogP contribution >= 0.6 is 11.8 Å². The van der Waals surface area contributed by atoms with E-state index in [1.165, 1.54) is 48.2 Å². The third-order valence-electron chi connectivity index (χ3n) is 11.3. The number of benzene rings is 5. The van der Waals surface area contributed by atoms with Gasteiger partial charge in [-0.3, -0.25) is 14.8 Å². The van der Waals surface area contributed by atoms with E-state index >= 15 is 0 Å². The molecule has 0 aliphatic carbocycles. The molecule has 0 spiro atoms. The second-order valence-corrected chi connectivity index (χ2v) is 18.6. The minimum Gasteiger partial charge on any atom is -0.478 e. The Morgan fingerprint density at radius 1 is 0.859 bits per heavy atom. The Hall–Kier alpha value is -6.43. The molecule has 2 heterocycles. The predicted molar refractivity (Wildman–Crippen MR) is 250 cm³/mol. The lowest BCUT2D eigenvalue weighted by Crippen LogP contribution is -2.46. The third kappa shape index (κ3) is 10.5. The van der Waals surface area contributed by atoms with E-state index in [1.807, 2.05) is 67.0 Å². The van der Waals surface area contributed by atoms with Crippen molar-refractivity contribution in [3.8, 4) is 22.4 Å². The van der Waals surface area contributed by atoms with Gasteiger partial charge in [-0.2, -0.15) is 0 Å². The van der Waals surface area contributed by atoms with E-state index in [-0.39, 0.29) is 39.5 Å². The molecule has 0 unspecified atom stereocenters. The van der Waals surface area contributed by atoms with Gasteiger partial charge in [0.2, 0.25) is 0 Å². The molecule has 1 aliphatic rings. The van der Waals surface area contributed by atoms with Gasteiger partial charge in [0, 0.05) is 84.3 Å². The number of hydrogen-bond acceptors (Lipinski definition) is 10. The van der Waals surface area contributed by atoms with Crippen molar-refractivity contribution in [3.05, 3.63) is 148 Å². The van der Waals surface area contributed by atoms with E-state index in [2.05, 4.69) is 19.8 Å². The monoisotopic (exact) mass is 909 g/mol. The number of nitrogens with one attached hydrogen (secondary N) is 2. The Labute approximate surface area is 375 Å². The third-order valence-corrected chi connectivity index (χ3v) is 13.8. The quantitative estimate of drug-likeness (QED) is 0.0456. The largest absolute Gasteiger partial charge is 0.478 e. The smallest absolute Gasteiger partial charge is 0.338 e. The van der Waals surface area contributed by atoms with Crippen molar-refractivity contribution in [3.63, 3.8) is 0 Å². The van der Waals surface area contributed by atoms with Crippen molar-refractivity contribution in [2.75, 3.05) is 72.4 Å². The molecule has 3 N–H and O–H groups in total. The highest BCUT2D eigenvalue weighted by Crippen LogP contribution is 2.40. The number of nitro groups is 1. The fraction of sp³-hybridized carbons (Fsp3) is 0.255. The molecule has 0 radical (unpaired) electrons. The Kier molecular flexibility index (Phi) is 13.9. The molecule has 5 aromatic carbocycles. The minimum atomic E-state index is -4.21. The number of carboxylic acids is 1. The average Bonchev–Trinajstić information content (AvgIpc) is 3.54. The summed E-state index contributed by atoms with van der Waals surface area (Å²) in [6, 6.07) is 30.5. The molecule has 17 heteroatoms. The number of nitro benzene ring substituents is 1. The predicted octanol–water partition coefficient (Wildman–Crippen LogP) is 9.20. The van der Waals surface area contributed by atoms with Gasteiger partial charge in [0.25, 0.3) is 15.7 Å². The van der Waals surface area contributed by atoms with Gasteiger partial charge in [0.05, 0.1) is 21.1 Å². The second kappa shape index (κ2) is 19.5. The number of thioether (sulfide) groups is 1. The molecular weight excluding hydrogens is 861 g/mol. The lowest BCUT2D eigenvalue weighted by atomic mass is 9.96. The van der Waals surface area contributed by atoms with Crippen LogP contribution in [0.4, 0.5) is 37.2 Å². The Morgan fingerprint density at radius 2 is 1.53 bits per heavy atom. The van der Waals surface area contributed by atoms with Gasteiger partial charge < -0.3 is 29.7 Å². The molecule has 6 aromatic rings. The topological polar surface area (TPSA) is 153 Å². The van der Waals surface area contributed by atoms with Crippen molar-refractivity contribution < 1.29 is 32.0 Å². The molecule has 0 saturated carbocycles. The maximum Gasteiger partial charge on any atom is 0.338 e. The first kappa shape index (κ1) is 45.6. The van der Waals surface area contributed by atoms with Crippen molar-refractivity contribution in [2.24, 2.45) is 7.05 Å². The highest BCUT2D eigenvalue weighted by molar-refractivity contribution is 7.99. The summed E-state index contributed by atoms with van der Waals surface area (Å²) in [6.07, 6.45) is 0.626. The van der Waals surface area contributed by atoms with Crippen LogP contribution in [0.3, 0.4) is 0 Å². The maximum atomic E-state index is 13.9. The Bertz CT molecular complexity index is 2760. The van der Waals surface area contributed by atoms with Gasteiger partial charge in [0.15, 0.2) is 0 Å². The number of carbonyl (C=O) groups is 1. The summed E-state index contributed by atoms with van der Waals surface area (Å²) in [5.41, 5.74) is 5.37. The van der Waals surface area contributed by atoms with E-state index in [1.54, 1.807) is 43.3 Å². The molecule has 13 nitrogen and oxygen atoms in total. The standard InChI is InChI=1S/C47H49F2N7O6S2/c1-31-44(47(57)58)45(46(53(31)4)32-11-13-34(48)14-12-32)33-7-5-9-39(27-33)55-25-23-54(24-26-55)38-17-15-36(16-18-38)51-64(61,62)41-19-20-42(43(29-41)56(59)60)50-37(21-22-52(2)3)30-63-40-10-6-8-35(49)28-40/h5-20,27-29,37,50-51H,21-26,30H2,1-4H3,(H,57,58)/t37-/m1/s1. The summed E-state index contributed by atoms with van der Waals surface area (Å²) < 4.78 is 59.2. The van der Waals surface area contributed by atoms with Gasteiger partial charge in [0.1, 0.15) is 17.3 Å². The molecule has 1 atom stereocenters. The van der Waals surface area contributed by atoms with E-state index < -0.39 is 20.9 Å². The van der Waals surface area contributed by atoms with Crippen LogP contribution in [0.15, 0.2) is 125 Å². The molecule has 1 aliphatic heterocycles. The first-order valence-electron chi connectivity index (χ1n) is 20.6. The average molecular weight is 910 g/mol. The van der Waals surface area contributed by atoms with Gasteiger partial charge in [-0.1, -0.05) is 18.2 Å². The number of aromatic carboxylic acids is 1. The van der Waals surface area contributed by atoms with Crippen molar-refractivity contribution in [1.82, 2.24) is 9.47 Å². The van der Waals surface area contributed by atoms with E-state index in [9.17, 15) is 37.2 Å². The molecule has 0 amide bonds. The molecule has 0 bridgehead atoms. The summed E-state index contributed by atoms with van der Waals surface area (Å²) in [5.74, 6) is -1.29. The zero-order valence-electron chi connectivity index (χ0n) is 35.8. The number of piperazine rings is 1. The number of carboxylic acid groups (broad SMARTS) is 1. The van der Waals surface area contributed by atoms with Crippen LogP contribution in [0, 0.1) is 28.7 Å². The van der Waals surface area contributed by atoms with Gasteiger partial charge in [-0.15, -0.1) is 11.8 Å². The summed E-state index contributed by atoms with van der Waals surface area (Å²) >= 11 is 1.42. The number of sulfonamides is 1. The lowest BCUT2D eigenvalue weighted by Gasteiger charge is -2.37. The summed E-state index contributed by atoms with van der Waals surface area (Å²) in [7, 11) is 1.44. The van der Waals surface area contributed by atoms with Crippen LogP contribution in [0.2, 0.25) is 0 Å². The highest BCUT2D eigenvalue weighted by atomic mass is 32.2. The van der Waals surface area contributed by atoms with Gasteiger partial charge >= 0.3 is 5.97 Å². The van der Waals surface area contributed by atoms with Crippen LogP contribution in [0.1, 0.15) is 22.5 Å². The van der Waals surface area contributed by atoms with Crippen molar-refractivity contribution >= 4 is 56.2 Å². The number of halogens is 2. The van der Waals surface area contributed by atoms with Crippen LogP contribution < -0.4 is 19.8 Å². The van der Waals surface area contributed by atoms with Crippen molar-refractivity contribution in [2.45, 2.75) is 29.2 Å². The molecule has 64 heavy (non-hydrogen) atoms. The maximum absolute atomic E-state index is 13.9. The number of hydrogen-bond donors (Lipinski definition) is 3. The van der Waals surface area contributed by atoms with Crippen LogP contribution in [0.25, 0.3) is 22.4 Å². The summed E-state index contributed by atoms with van der Waals surface area (Å²) in [4.78, 5) is 31.1. The molecule has 334 valence electrons. The molecule has 7 rings (SSSR count). The van der Waals surface area contributed by atoms with Crippen LogP contribution in [-0.4, -0.2) is 92.5 Å². The number of rotatable bonds is 17. The second-order valence-electron chi connectivity index (χ2n) is 15.9. The molecule has 1 aromatic heterocycles. The Balaban J connectivity index is 1.01. The van der Waals surface area contributed by atoms with E-state index in [0.717, 1.165) is 27.9 Å². The van der Waals surface area contributed by atoms with Gasteiger partial charge in [-0.05, 0) is 136 Å². The normalized spacial score (nSPS) is 13.5. The fourth-order valence-electron chi connectivity index (χ4n) is 7.86. The molecule has 1 fully saturated rings. The van der Waals surface area contributed by atoms with E-state index in [0.29, 0.717) is 73.1 Å². The zero-order valence-corrected chi connectivity index (χ0v) is 37.4. The zero-order chi connectivity index (χ0) is 45.7. The Morgan fingerprint density at radius 3 is 2.17 bits per heavy atom. The lowest BCUT2D eigenvalue weighted by molar-refractivity contribution is -0.384. The first-order chi connectivity index (χ1) is 30.6. The first-order valence-corrected chi connectivity index (χ1v) is 23.0. The van der Waals surface area contributed by atoms with E-state index in [4.69, 9.17) is 0 Å². The van der Waals surface area contributed by atoms with Crippen LogP contribution in [0.5, 0.6) is 0 Å². The van der Waals surface area contributed by atoms with Gasteiger partial charge in [-0.25, -0.2) is 22.0 Å². The highest BCUT2D eigenvalue weighted by Gasteiger charge is 2.28.